The highest BCUT2D eigenvalue weighted by molar-refractivity contribution is 7.89. The fourth-order valence-corrected chi connectivity index (χ4v) is 5.31. The number of urea groups is 1. The molecule has 0 aromatic heterocycles. The van der Waals surface area contributed by atoms with Gasteiger partial charge in [-0.05, 0) is 29.8 Å². The molecule has 0 aliphatic carbocycles. The second kappa shape index (κ2) is 12.7. The van der Waals surface area contributed by atoms with Crippen LogP contribution in [0.4, 0.5) is 10.5 Å². The molecule has 2 aromatic rings. The lowest BCUT2D eigenvalue weighted by Crippen LogP contribution is -2.40. The average Bonchev–Trinajstić information content (AvgIpc) is 2.87. The maximum Gasteiger partial charge on any atom is 0.312 e. The van der Waals surface area contributed by atoms with Crippen molar-refractivity contribution in [2.45, 2.75) is 17.4 Å². The molecule has 1 saturated heterocycles. The zero-order valence-corrected chi connectivity index (χ0v) is 21.5. The van der Waals surface area contributed by atoms with Gasteiger partial charge in [0.1, 0.15) is 5.75 Å². The van der Waals surface area contributed by atoms with E-state index in [0.717, 1.165) is 0 Å². The van der Waals surface area contributed by atoms with E-state index >= 15 is 0 Å². The van der Waals surface area contributed by atoms with Crippen molar-refractivity contribution in [1.82, 2.24) is 9.62 Å². The fourth-order valence-electron chi connectivity index (χ4n) is 3.61. The number of nitrogens with one attached hydrogen (secondary N) is 2. The van der Waals surface area contributed by atoms with Crippen LogP contribution in [0.15, 0.2) is 47.4 Å². The molecule has 0 saturated carbocycles. The molecule has 14 heteroatoms. The van der Waals surface area contributed by atoms with Gasteiger partial charge in [0.15, 0.2) is 6.61 Å². The van der Waals surface area contributed by atoms with Gasteiger partial charge in [-0.25, -0.2) is 13.2 Å². The summed E-state index contributed by atoms with van der Waals surface area (Å²) in [5.41, 5.74) is 5.75. The Hall–Kier alpha value is -3.39. The van der Waals surface area contributed by atoms with Crippen molar-refractivity contribution in [3.63, 3.8) is 0 Å². The van der Waals surface area contributed by atoms with Gasteiger partial charge in [0.2, 0.25) is 10.0 Å². The number of benzene rings is 2. The van der Waals surface area contributed by atoms with Gasteiger partial charge in [-0.15, -0.1) is 0 Å². The highest BCUT2D eigenvalue weighted by atomic mass is 35.5. The highest BCUT2D eigenvalue weighted by Crippen LogP contribution is 2.29. The second-order valence-corrected chi connectivity index (χ2v) is 10.2. The Bertz CT molecular complexity index is 1250. The molecule has 1 atom stereocenters. The Morgan fingerprint density at radius 3 is 2.51 bits per heavy atom. The molecular formula is C23H27ClN4O8S. The summed E-state index contributed by atoms with van der Waals surface area (Å²) in [5.74, 6) is -1.32. The van der Waals surface area contributed by atoms with Gasteiger partial charge in [-0.3, -0.25) is 9.59 Å². The smallest absolute Gasteiger partial charge is 0.312 e. The lowest BCUT2D eigenvalue weighted by atomic mass is 10.0. The zero-order valence-electron chi connectivity index (χ0n) is 19.9. The quantitative estimate of drug-likeness (QED) is 0.373. The van der Waals surface area contributed by atoms with E-state index < -0.39 is 40.6 Å². The van der Waals surface area contributed by atoms with Crippen molar-refractivity contribution in [2.75, 3.05) is 45.3 Å². The van der Waals surface area contributed by atoms with Crippen molar-refractivity contribution in [3.8, 4) is 5.75 Å². The van der Waals surface area contributed by atoms with Crippen molar-refractivity contribution in [3.05, 3.63) is 53.1 Å². The number of morpholine rings is 1. The summed E-state index contributed by atoms with van der Waals surface area (Å²) >= 11 is 6.15. The van der Waals surface area contributed by atoms with Gasteiger partial charge in [0, 0.05) is 18.1 Å². The molecule has 0 bridgehead atoms. The number of ether oxygens (including phenoxy) is 3. The summed E-state index contributed by atoms with van der Waals surface area (Å²) in [7, 11) is -2.46. The summed E-state index contributed by atoms with van der Waals surface area (Å²) in [5, 5.41) is 5.24. The number of hydrogen-bond acceptors (Lipinski definition) is 8. The van der Waals surface area contributed by atoms with Crippen LogP contribution in [0.1, 0.15) is 18.0 Å². The Morgan fingerprint density at radius 2 is 1.86 bits per heavy atom. The van der Waals surface area contributed by atoms with Gasteiger partial charge in [-0.2, -0.15) is 4.31 Å². The Labute approximate surface area is 219 Å². The summed E-state index contributed by atoms with van der Waals surface area (Å²) in [6.07, 6.45) is -0.337. The van der Waals surface area contributed by atoms with Gasteiger partial charge in [0.05, 0.1) is 43.4 Å². The van der Waals surface area contributed by atoms with Crippen LogP contribution in [0.3, 0.4) is 0 Å². The third kappa shape index (κ3) is 7.55. The van der Waals surface area contributed by atoms with Crippen LogP contribution in [0, 0.1) is 0 Å². The lowest BCUT2D eigenvalue weighted by Gasteiger charge is -2.26. The van der Waals surface area contributed by atoms with Crippen LogP contribution in [0.2, 0.25) is 5.02 Å². The first-order chi connectivity index (χ1) is 17.6. The topological polar surface area (TPSA) is 166 Å². The molecule has 4 N–H and O–H groups in total. The number of methoxy groups -OCH3 is 1. The number of sulfonamides is 1. The monoisotopic (exact) mass is 554 g/mol. The summed E-state index contributed by atoms with van der Waals surface area (Å²) in [6, 6.07) is 8.89. The van der Waals surface area contributed by atoms with Crippen molar-refractivity contribution < 1.29 is 37.0 Å². The fraction of sp³-hybridized carbons (Fsp3) is 0.348. The molecule has 0 spiro atoms. The third-order valence-electron chi connectivity index (χ3n) is 5.39. The molecule has 200 valence electrons. The van der Waals surface area contributed by atoms with Gasteiger partial charge in [0.25, 0.3) is 5.91 Å². The number of esters is 1. The van der Waals surface area contributed by atoms with E-state index in [4.69, 9.17) is 31.5 Å². The normalized spacial score (nSPS) is 14.9. The minimum Gasteiger partial charge on any atom is -0.495 e. The van der Waals surface area contributed by atoms with E-state index in [1.54, 1.807) is 24.3 Å². The van der Waals surface area contributed by atoms with Crippen LogP contribution < -0.4 is 21.1 Å². The predicted molar refractivity (Wildman–Crippen MR) is 134 cm³/mol. The Balaban J connectivity index is 1.65. The first kappa shape index (κ1) is 28.2. The van der Waals surface area contributed by atoms with Crippen molar-refractivity contribution in [2.24, 2.45) is 5.73 Å². The zero-order chi connectivity index (χ0) is 27.0. The van der Waals surface area contributed by atoms with E-state index in [1.807, 2.05) is 0 Å². The number of nitrogens with zero attached hydrogens (tertiary/aromatic N) is 1. The molecule has 0 radical (unpaired) electrons. The number of primary amides is 1. The van der Waals surface area contributed by atoms with Gasteiger partial charge < -0.3 is 30.6 Å². The molecule has 1 aliphatic rings. The number of amides is 3. The van der Waals surface area contributed by atoms with E-state index in [9.17, 15) is 22.8 Å². The lowest BCUT2D eigenvalue weighted by molar-refractivity contribution is -0.147. The molecule has 12 nitrogen and oxygen atoms in total. The summed E-state index contributed by atoms with van der Waals surface area (Å²) < 4.78 is 42.7. The number of carbonyl (C=O) groups excluding carboxylic acids is 3. The molecule has 1 heterocycles. The maximum atomic E-state index is 13.0. The minimum atomic E-state index is -3.82. The molecular weight excluding hydrogens is 528 g/mol. The van der Waals surface area contributed by atoms with Gasteiger partial charge in [-0.1, -0.05) is 29.8 Å². The highest BCUT2D eigenvalue weighted by Gasteiger charge is 2.27. The van der Waals surface area contributed by atoms with E-state index in [0.29, 0.717) is 10.6 Å². The van der Waals surface area contributed by atoms with E-state index in [2.05, 4.69) is 10.6 Å². The first-order valence-electron chi connectivity index (χ1n) is 11.1. The molecule has 37 heavy (non-hydrogen) atoms. The van der Waals surface area contributed by atoms with Crippen LogP contribution in [-0.4, -0.2) is 70.7 Å². The molecule has 1 aliphatic heterocycles. The van der Waals surface area contributed by atoms with Crippen LogP contribution >= 0.6 is 11.6 Å². The van der Waals surface area contributed by atoms with Crippen LogP contribution in [0.5, 0.6) is 5.75 Å². The van der Waals surface area contributed by atoms with Crippen LogP contribution in [-0.2, 0) is 29.1 Å². The molecule has 1 unspecified atom stereocenters. The van der Waals surface area contributed by atoms with E-state index in [-0.39, 0.29) is 49.1 Å². The van der Waals surface area contributed by atoms with Gasteiger partial charge >= 0.3 is 12.0 Å². The summed E-state index contributed by atoms with van der Waals surface area (Å²) in [4.78, 5) is 36.3. The molecule has 2 aromatic carbocycles. The second-order valence-electron chi connectivity index (χ2n) is 7.87. The molecule has 1 fully saturated rings. The number of anilines is 1. The number of rotatable bonds is 10. The molecule has 3 rings (SSSR count). The maximum absolute atomic E-state index is 13.0. The Morgan fingerprint density at radius 1 is 1.16 bits per heavy atom. The SMILES string of the molecule is COc1ccc(S(=O)(=O)N2CCOCC2)cc1NC(=O)COC(=O)CC(NC(N)=O)c1ccccc1Cl. The first-order valence-corrected chi connectivity index (χ1v) is 13.0. The standard InChI is InChI=1S/C23H27ClN4O8S/c1-34-20-7-6-15(37(32,33)28-8-10-35-11-9-28)12-19(20)26-21(29)14-36-22(30)13-18(27-23(25)31)16-4-2-3-5-17(16)24/h2-7,12,18H,8-11,13-14H2,1H3,(H,26,29)(H3,25,27,31). The van der Waals surface area contributed by atoms with Crippen molar-refractivity contribution in [1.29, 1.82) is 0 Å². The third-order valence-corrected chi connectivity index (χ3v) is 7.62. The predicted octanol–water partition coefficient (Wildman–Crippen LogP) is 1.65. The number of halogens is 1. The number of nitrogens with two attached hydrogens (primary N) is 1. The van der Waals surface area contributed by atoms with E-state index in [1.165, 1.54) is 29.6 Å². The number of carbonyl (C=O) groups is 3. The largest absolute Gasteiger partial charge is 0.495 e. The summed E-state index contributed by atoms with van der Waals surface area (Å²) in [6.45, 7) is 0.332. The average molecular weight is 555 g/mol. The Kier molecular flexibility index (Phi) is 9.69. The number of hydrogen-bond donors (Lipinski definition) is 3. The minimum absolute atomic E-state index is 0.0393. The van der Waals surface area contributed by atoms with Crippen molar-refractivity contribution >= 4 is 45.2 Å². The van der Waals surface area contributed by atoms with Crippen LogP contribution in [0.25, 0.3) is 0 Å². The molecule has 3 amide bonds.